The van der Waals surface area contributed by atoms with Crippen molar-refractivity contribution < 1.29 is 17.9 Å². The lowest BCUT2D eigenvalue weighted by atomic mass is 10.1. The van der Waals surface area contributed by atoms with Crippen molar-refractivity contribution in [1.82, 2.24) is 0 Å². The molecule has 3 rings (SSSR count). The molecule has 0 aliphatic rings. The molecule has 0 atom stereocenters. The van der Waals surface area contributed by atoms with Crippen LogP contribution in [0.3, 0.4) is 0 Å². The lowest BCUT2D eigenvalue weighted by molar-refractivity contribution is -0.115. The highest BCUT2D eigenvalue weighted by atomic mass is 32.2. The van der Waals surface area contributed by atoms with E-state index in [9.17, 15) is 13.2 Å². The van der Waals surface area contributed by atoms with Gasteiger partial charge in [0.1, 0.15) is 5.75 Å². The van der Waals surface area contributed by atoms with E-state index >= 15 is 0 Å². The number of ether oxygens (including phenoxy) is 1. The van der Waals surface area contributed by atoms with Crippen molar-refractivity contribution in [2.24, 2.45) is 0 Å². The third kappa shape index (κ3) is 5.58. The third-order valence-corrected chi connectivity index (χ3v) is 5.67. The molecular weight excluding hydrogens is 388 g/mol. The number of aryl methyl sites for hydroxylation is 1. The Balaban J connectivity index is 1.62. The summed E-state index contributed by atoms with van der Waals surface area (Å²) >= 11 is 0. The van der Waals surface area contributed by atoms with Gasteiger partial charge < -0.3 is 10.1 Å². The van der Waals surface area contributed by atoms with Crippen molar-refractivity contribution in [3.63, 3.8) is 0 Å². The van der Waals surface area contributed by atoms with Crippen LogP contribution in [0.4, 0.5) is 11.4 Å². The number of nitrogens with one attached hydrogen (secondary N) is 2. The van der Waals surface area contributed by atoms with Crippen molar-refractivity contribution in [3.05, 3.63) is 83.9 Å². The van der Waals surface area contributed by atoms with Gasteiger partial charge in [-0.25, -0.2) is 8.42 Å². The summed E-state index contributed by atoms with van der Waals surface area (Å²) in [5.41, 5.74) is 2.91. The molecule has 1 amide bonds. The van der Waals surface area contributed by atoms with Crippen molar-refractivity contribution >= 4 is 27.3 Å². The van der Waals surface area contributed by atoms with E-state index in [2.05, 4.69) is 10.0 Å². The van der Waals surface area contributed by atoms with Gasteiger partial charge >= 0.3 is 0 Å². The number of sulfonamides is 1. The minimum Gasteiger partial charge on any atom is -0.497 e. The first-order chi connectivity index (χ1) is 13.9. The van der Waals surface area contributed by atoms with E-state index in [-0.39, 0.29) is 17.2 Å². The monoisotopic (exact) mass is 410 g/mol. The predicted molar refractivity (Wildman–Crippen MR) is 114 cm³/mol. The van der Waals surface area contributed by atoms with Gasteiger partial charge in [0.2, 0.25) is 5.91 Å². The van der Waals surface area contributed by atoms with E-state index in [0.29, 0.717) is 11.4 Å². The zero-order chi connectivity index (χ0) is 20.9. The molecule has 6 nitrogen and oxygen atoms in total. The summed E-state index contributed by atoms with van der Waals surface area (Å²) in [7, 11) is -2.12. The molecule has 0 bridgehead atoms. The first-order valence-corrected chi connectivity index (χ1v) is 10.5. The number of carbonyl (C=O) groups is 1. The molecule has 0 spiro atoms. The number of carbonyl (C=O) groups excluding carboxylic acids is 1. The molecule has 2 N–H and O–H groups in total. The fourth-order valence-electron chi connectivity index (χ4n) is 2.69. The summed E-state index contributed by atoms with van der Waals surface area (Å²) in [4.78, 5) is 12.3. The highest BCUT2D eigenvalue weighted by Crippen LogP contribution is 2.19. The zero-order valence-corrected chi connectivity index (χ0v) is 17.0. The normalized spacial score (nSPS) is 11.0. The molecule has 0 fully saturated rings. The topological polar surface area (TPSA) is 84.5 Å². The second kappa shape index (κ2) is 8.79. The van der Waals surface area contributed by atoms with Crippen LogP contribution in [-0.2, 0) is 21.2 Å². The first-order valence-electron chi connectivity index (χ1n) is 8.98. The lowest BCUT2D eigenvalue weighted by Gasteiger charge is -2.10. The van der Waals surface area contributed by atoms with Crippen molar-refractivity contribution in [3.8, 4) is 5.75 Å². The van der Waals surface area contributed by atoms with Gasteiger partial charge in [0.25, 0.3) is 10.0 Å². The number of benzene rings is 3. The largest absolute Gasteiger partial charge is 0.497 e. The Morgan fingerprint density at radius 2 is 1.45 bits per heavy atom. The number of methoxy groups -OCH3 is 1. The Kier molecular flexibility index (Phi) is 6.19. The zero-order valence-electron chi connectivity index (χ0n) is 16.2. The van der Waals surface area contributed by atoms with E-state index < -0.39 is 10.0 Å². The van der Waals surface area contributed by atoms with E-state index in [1.165, 1.54) is 12.1 Å². The van der Waals surface area contributed by atoms with Crippen LogP contribution in [0.2, 0.25) is 0 Å². The third-order valence-electron chi connectivity index (χ3n) is 4.28. The van der Waals surface area contributed by atoms with Gasteiger partial charge in [-0.05, 0) is 61.0 Å². The molecule has 0 unspecified atom stereocenters. The summed E-state index contributed by atoms with van der Waals surface area (Å²) in [5, 5.41) is 2.77. The van der Waals surface area contributed by atoms with Gasteiger partial charge in [0, 0.05) is 11.4 Å². The Morgan fingerprint density at radius 1 is 0.862 bits per heavy atom. The molecule has 3 aromatic rings. The van der Waals surface area contributed by atoms with Crippen molar-refractivity contribution in [2.75, 3.05) is 17.1 Å². The second-order valence-corrected chi connectivity index (χ2v) is 8.25. The van der Waals surface area contributed by atoms with Gasteiger partial charge in [0.15, 0.2) is 0 Å². The van der Waals surface area contributed by atoms with Crippen LogP contribution < -0.4 is 14.8 Å². The maximum absolute atomic E-state index is 12.5. The van der Waals surface area contributed by atoms with Gasteiger partial charge in [-0.1, -0.05) is 29.8 Å². The SMILES string of the molecule is COc1ccc(CC(=O)Nc2ccc(S(=O)(=O)Nc3ccc(C)cc3)cc2)cc1. The molecule has 0 heterocycles. The predicted octanol–water partition coefficient (Wildman–Crippen LogP) is 3.99. The fourth-order valence-corrected chi connectivity index (χ4v) is 3.75. The van der Waals surface area contributed by atoms with E-state index in [1.807, 2.05) is 31.2 Å². The van der Waals surface area contributed by atoms with Crippen LogP contribution in [0.15, 0.2) is 77.7 Å². The second-order valence-electron chi connectivity index (χ2n) is 6.57. The molecule has 0 saturated carbocycles. The summed E-state index contributed by atoms with van der Waals surface area (Å²) < 4.78 is 32.6. The fraction of sp³-hybridized carbons (Fsp3) is 0.136. The van der Waals surface area contributed by atoms with Crippen LogP contribution in [0.1, 0.15) is 11.1 Å². The minimum atomic E-state index is -3.70. The summed E-state index contributed by atoms with van der Waals surface area (Å²) in [5.74, 6) is 0.536. The molecular formula is C22H22N2O4S. The number of anilines is 2. The Morgan fingerprint density at radius 3 is 2.03 bits per heavy atom. The van der Waals surface area contributed by atoms with Gasteiger partial charge in [-0.15, -0.1) is 0 Å². The molecule has 0 radical (unpaired) electrons. The Hall–Kier alpha value is -3.32. The first kappa shape index (κ1) is 20.4. The minimum absolute atomic E-state index is 0.117. The van der Waals surface area contributed by atoms with Crippen LogP contribution in [0.25, 0.3) is 0 Å². The van der Waals surface area contributed by atoms with E-state index in [0.717, 1.165) is 16.9 Å². The van der Waals surface area contributed by atoms with Crippen LogP contribution in [-0.4, -0.2) is 21.4 Å². The summed E-state index contributed by atoms with van der Waals surface area (Å²) in [6, 6.07) is 20.4. The van der Waals surface area contributed by atoms with Crippen LogP contribution in [0.5, 0.6) is 5.75 Å². The molecule has 0 aliphatic carbocycles. The van der Waals surface area contributed by atoms with Crippen LogP contribution >= 0.6 is 0 Å². The average molecular weight is 410 g/mol. The van der Waals surface area contributed by atoms with Gasteiger partial charge in [-0.2, -0.15) is 0 Å². The maximum atomic E-state index is 12.5. The quantitative estimate of drug-likeness (QED) is 0.617. The molecule has 7 heteroatoms. The number of hydrogen-bond donors (Lipinski definition) is 2. The average Bonchev–Trinajstić information content (AvgIpc) is 2.70. The van der Waals surface area contributed by atoms with Gasteiger partial charge in [-0.3, -0.25) is 9.52 Å². The summed E-state index contributed by atoms with van der Waals surface area (Å²) in [6.45, 7) is 1.93. The van der Waals surface area contributed by atoms with Gasteiger partial charge in [0.05, 0.1) is 18.4 Å². The highest BCUT2D eigenvalue weighted by Gasteiger charge is 2.14. The van der Waals surface area contributed by atoms with Crippen molar-refractivity contribution in [2.45, 2.75) is 18.2 Å². The molecule has 150 valence electrons. The molecule has 3 aromatic carbocycles. The van der Waals surface area contributed by atoms with Crippen molar-refractivity contribution in [1.29, 1.82) is 0 Å². The molecule has 0 aliphatic heterocycles. The molecule has 0 saturated heterocycles. The lowest BCUT2D eigenvalue weighted by Crippen LogP contribution is -2.15. The van der Waals surface area contributed by atoms with E-state index in [4.69, 9.17) is 4.74 Å². The highest BCUT2D eigenvalue weighted by molar-refractivity contribution is 7.92. The summed E-state index contributed by atoms with van der Waals surface area (Å²) in [6.07, 6.45) is 0.207. The number of hydrogen-bond acceptors (Lipinski definition) is 4. The number of amides is 1. The Labute approximate surface area is 170 Å². The Bertz CT molecular complexity index is 1080. The standard InChI is InChI=1S/C22H22N2O4S/c1-16-3-7-19(8-4-16)24-29(26,27)21-13-9-18(10-14-21)23-22(25)15-17-5-11-20(28-2)12-6-17/h3-14,24H,15H2,1-2H3,(H,23,25). The maximum Gasteiger partial charge on any atom is 0.261 e. The van der Waals surface area contributed by atoms with Crippen LogP contribution in [0, 0.1) is 6.92 Å². The van der Waals surface area contributed by atoms with E-state index in [1.54, 1.807) is 43.5 Å². The number of rotatable bonds is 7. The molecule has 29 heavy (non-hydrogen) atoms. The molecule has 0 aromatic heterocycles. The smallest absolute Gasteiger partial charge is 0.261 e.